The highest BCUT2D eigenvalue weighted by atomic mass is 19.4. The molecular formula is C19H28F3N3O6. The Kier molecular flexibility index (Phi) is 8.83. The van der Waals surface area contributed by atoms with Gasteiger partial charge in [-0.3, -0.25) is 9.69 Å². The monoisotopic (exact) mass is 451 g/mol. The number of rotatable bonds is 6. The number of nitrogens with one attached hydrogen (secondary N) is 1. The van der Waals surface area contributed by atoms with Crippen molar-refractivity contribution in [3.05, 3.63) is 17.0 Å². The third-order valence-electron chi connectivity index (χ3n) is 5.34. The number of likely N-dealkylation sites (tertiary alicyclic amines) is 1. The van der Waals surface area contributed by atoms with Gasteiger partial charge in [0.25, 0.3) is 0 Å². The molecule has 1 amide bonds. The predicted molar refractivity (Wildman–Crippen MR) is 101 cm³/mol. The molecule has 1 aromatic rings. The summed E-state index contributed by atoms with van der Waals surface area (Å²) in [6.45, 7) is 7.69. The van der Waals surface area contributed by atoms with Crippen molar-refractivity contribution in [2.75, 3.05) is 33.4 Å². The zero-order valence-electron chi connectivity index (χ0n) is 17.7. The van der Waals surface area contributed by atoms with Gasteiger partial charge < -0.3 is 24.4 Å². The summed E-state index contributed by atoms with van der Waals surface area (Å²) >= 11 is 0. The molecule has 31 heavy (non-hydrogen) atoms. The molecule has 0 spiro atoms. The molecule has 2 N–H and O–H groups in total. The number of carbonyl (C=O) groups is 2. The second-order valence-corrected chi connectivity index (χ2v) is 7.57. The first kappa shape index (κ1) is 25.1. The second kappa shape index (κ2) is 10.9. The van der Waals surface area contributed by atoms with Crippen LogP contribution in [0.5, 0.6) is 0 Å². The van der Waals surface area contributed by atoms with Gasteiger partial charge in [-0.15, -0.1) is 0 Å². The van der Waals surface area contributed by atoms with Crippen LogP contribution in [0, 0.1) is 19.8 Å². The average Bonchev–Trinajstić information content (AvgIpc) is 3.26. The van der Waals surface area contributed by atoms with E-state index >= 15 is 0 Å². The maximum absolute atomic E-state index is 12.2. The Hall–Kier alpha value is -2.18. The Labute approximate surface area is 177 Å². The molecule has 12 heteroatoms. The van der Waals surface area contributed by atoms with Crippen LogP contribution in [0.3, 0.4) is 0 Å². The van der Waals surface area contributed by atoms with Gasteiger partial charge in [-0.25, -0.2) is 4.79 Å². The number of methoxy groups -OCH3 is 1. The van der Waals surface area contributed by atoms with E-state index in [2.05, 4.69) is 15.4 Å². The number of carboxylic acid groups (broad SMARTS) is 1. The molecule has 0 saturated carbocycles. The zero-order chi connectivity index (χ0) is 23.2. The maximum atomic E-state index is 12.2. The molecule has 0 unspecified atom stereocenters. The van der Waals surface area contributed by atoms with Crippen LogP contribution in [-0.2, 0) is 25.6 Å². The summed E-state index contributed by atoms with van der Waals surface area (Å²) in [6.07, 6.45) is -3.38. The summed E-state index contributed by atoms with van der Waals surface area (Å²) < 4.78 is 48.0. The molecule has 2 aliphatic heterocycles. The number of fused-ring (bicyclic) bond motifs is 1. The van der Waals surface area contributed by atoms with Gasteiger partial charge in [-0.1, -0.05) is 5.16 Å². The molecule has 3 rings (SSSR count). The van der Waals surface area contributed by atoms with Crippen LogP contribution >= 0.6 is 0 Å². The van der Waals surface area contributed by atoms with Crippen LogP contribution in [0.1, 0.15) is 29.9 Å². The van der Waals surface area contributed by atoms with Gasteiger partial charge in [-0.05, 0) is 39.2 Å². The van der Waals surface area contributed by atoms with E-state index in [4.69, 9.17) is 23.9 Å². The van der Waals surface area contributed by atoms with Crippen LogP contribution in [0.2, 0.25) is 0 Å². The summed E-state index contributed by atoms with van der Waals surface area (Å²) in [4.78, 5) is 23.4. The molecule has 0 aromatic carbocycles. The largest absolute Gasteiger partial charge is 0.490 e. The maximum Gasteiger partial charge on any atom is 0.490 e. The van der Waals surface area contributed by atoms with Crippen LogP contribution in [0.25, 0.3) is 0 Å². The molecule has 176 valence electrons. The highest BCUT2D eigenvalue weighted by molar-refractivity contribution is 5.81. The second-order valence-electron chi connectivity index (χ2n) is 7.57. The number of aryl methyl sites for hydroxylation is 2. The normalized spacial score (nSPS) is 23.6. The van der Waals surface area contributed by atoms with Crippen LogP contribution < -0.4 is 5.32 Å². The van der Waals surface area contributed by atoms with E-state index in [0.29, 0.717) is 19.1 Å². The molecule has 0 bridgehead atoms. The van der Waals surface area contributed by atoms with Crippen LogP contribution in [0.4, 0.5) is 13.2 Å². The Morgan fingerprint density at radius 1 is 1.35 bits per heavy atom. The number of halogens is 3. The number of carboxylic acids is 1. The van der Waals surface area contributed by atoms with Crippen molar-refractivity contribution >= 4 is 11.9 Å². The Balaban J connectivity index is 0.000000423. The quantitative estimate of drug-likeness (QED) is 0.628. The van der Waals surface area contributed by atoms with E-state index in [1.165, 1.54) is 5.56 Å². The number of hydrogen-bond donors (Lipinski definition) is 2. The number of hydrogen-bond acceptors (Lipinski definition) is 7. The first-order valence-electron chi connectivity index (χ1n) is 9.89. The lowest BCUT2D eigenvalue weighted by Gasteiger charge is -2.33. The van der Waals surface area contributed by atoms with Gasteiger partial charge in [-0.2, -0.15) is 13.2 Å². The summed E-state index contributed by atoms with van der Waals surface area (Å²) in [7, 11) is 1.63. The summed E-state index contributed by atoms with van der Waals surface area (Å²) in [6, 6.07) is 0. The van der Waals surface area contributed by atoms with Crippen molar-refractivity contribution < 1.29 is 41.9 Å². The van der Waals surface area contributed by atoms with Crippen molar-refractivity contribution in [3.8, 4) is 0 Å². The molecule has 2 saturated heterocycles. The fourth-order valence-electron chi connectivity index (χ4n) is 3.65. The molecule has 0 aliphatic carbocycles. The number of ether oxygens (including phenoxy) is 2. The Morgan fingerprint density at radius 3 is 2.58 bits per heavy atom. The van der Waals surface area contributed by atoms with Gasteiger partial charge >= 0.3 is 12.1 Å². The number of carbonyl (C=O) groups excluding carboxylic acids is 1. The molecule has 9 nitrogen and oxygen atoms in total. The van der Waals surface area contributed by atoms with Crippen LogP contribution in [0.15, 0.2) is 4.52 Å². The van der Waals surface area contributed by atoms with Gasteiger partial charge in [0.2, 0.25) is 5.91 Å². The van der Waals surface area contributed by atoms with E-state index in [9.17, 15) is 18.0 Å². The topological polar surface area (TPSA) is 114 Å². The SMILES string of the molecule is COCCNC(=O)[C@H]1C[C@@H]2CCN(Cc3c(C)noc3C)C[C@@H]2O1.O=C(O)C(F)(F)F. The van der Waals surface area contributed by atoms with Gasteiger partial charge in [0.05, 0.1) is 18.4 Å². The van der Waals surface area contributed by atoms with E-state index in [0.717, 1.165) is 43.9 Å². The standard InChI is InChI=1S/C17H27N3O4.C2HF3O2/c1-11-14(12(2)24-19-11)9-20-6-4-13-8-15(23-16(13)10-20)17(21)18-5-7-22-3;3-2(4,5)1(6)7/h13,15-16H,4-10H2,1-3H3,(H,18,21);(H,6,7)/t13-,15+,16-;/m0./s1. The van der Waals surface area contributed by atoms with Gasteiger partial charge in [0.15, 0.2) is 0 Å². The van der Waals surface area contributed by atoms with E-state index < -0.39 is 12.1 Å². The lowest BCUT2D eigenvalue weighted by molar-refractivity contribution is -0.192. The molecule has 0 radical (unpaired) electrons. The summed E-state index contributed by atoms with van der Waals surface area (Å²) in [5.41, 5.74) is 2.12. The number of aromatic nitrogens is 1. The molecular weight excluding hydrogens is 423 g/mol. The highest BCUT2D eigenvalue weighted by Crippen LogP contribution is 2.34. The third kappa shape index (κ3) is 7.18. The van der Waals surface area contributed by atoms with Crippen molar-refractivity contribution in [1.29, 1.82) is 0 Å². The first-order chi connectivity index (χ1) is 14.5. The fourth-order valence-corrected chi connectivity index (χ4v) is 3.65. The third-order valence-corrected chi connectivity index (χ3v) is 5.34. The minimum Gasteiger partial charge on any atom is -0.475 e. The number of piperidine rings is 1. The summed E-state index contributed by atoms with van der Waals surface area (Å²) in [5, 5.41) is 14.0. The van der Waals surface area contributed by atoms with E-state index in [-0.39, 0.29) is 18.1 Å². The number of aliphatic carboxylic acids is 1. The van der Waals surface area contributed by atoms with Crippen molar-refractivity contribution in [3.63, 3.8) is 0 Å². The molecule has 2 aliphatic rings. The lowest BCUT2D eigenvalue weighted by atomic mass is 9.91. The average molecular weight is 451 g/mol. The first-order valence-corrected chi connectivity index (χ1v) is 9.89. The summed E-state index contributed by atoms with van der Waals surface area (Å²) in [5.74, 6) is -1.41. The number of amides is 1. The minimum atomic E-state index is -5.08. The highest BCUT2D eigenvalue weighted by Gasteiger charge is 2.42. The Morgan fingerprint density at radius 2 is 2.03 bits per heavy atom. The minimum absolute atomic E-state index is 0.0151. The zero-order valence-corrected chi connectivity index (χ0v) is 17.7. The molecule has 1 aromatic heterocycles. The lowest BCUT2D eigenvalue weighted by Crippen LogP contribution is -2.42. The number of alkyl halides is 3. The van der Waals surface area contributed by atoms with E-state index in [1.54, 1.807) is 7.11 Å². The molecule has 3 heterocycles. The molecule has 2 fully saturated rings. The van der Waals surface area contributed by atoms with Crippen LogP contribution in [-0.4, -0.2) is 78.8 Å². The van der Waals surface area contributed by atoms with Crippen molar-refractivity contribution in [1.82, 2.24) is 15.4 Å². The number of nitrogens with zero attached hydrogens (tertiary/aromatic N) is 2. The van der Waals surface area contributed by atoms with Crippen molar-refractivity contribution in [2.24, 2.45) is 5.92 Å². The predicted octanol–water partition coefficient (Wildman–Crippen LogP) is 1.67. The van der Waals surface area contributed by atoms with Crippen molar-refractivity contribution in [2.45, 2.75) is 51.6 Å². The van der Waals surface area contributed by atoms with E-state index in [1.807, 2.05) is 13.8 Å². The fraction of sp³-hybridized carbons (Fsp3) is 0.737. The smallest absolute Gasteiger partial charge is 0.475 e. The van der Waals surface area contributed by atoms with Gasteiger partial charge in [0.1, 0.15) is 11.9 Å². The van der Waals surface area contributed by atoms with Gasteiger partial charge in [0, 0.05) is 32.3 Å². The molecule has 3 atom stereocenters. The Bertz CT molecular complexity index is 735.